The molecule has 0 aliphatic rings. The van der Waals surface area contributed by atoms with E-state index in [1.54, 1.807) is 6.20 Å². The van der Waals surface area contributed by atoms with E-state index in [4.69, 9.17) is 5.84 Å². The van der Waals surface area contributed by atoms with E-state index in [0.717, 1.165) is 12.1 Å². The van der Waals surface area contributed by atoms with Crippen molar-refractivity contribution in [2.75, 3.05) is 5.84 Å². The van der Waals surface area contributed by atoms with E-state index in [2.05, 4.69) is 11.8 Å². The lowest BCUT2D eigenvalue weighted by Gasteiger charge is -1.86. The molecule has 0 atom stereocenters. The van der Waals surface area contributed by atoms with Gasteiger partial charge in [-0.25, -0.2) is 5.84 Å². The minimum atomic E-state index is 0.842. The molecular weight excluding hydrogens is 136 g/mol. The minimum Gasteiger partial charge on any atom is -0.204 e. The molecular formula is C9H11N2+. The van der Waals surface area contributed by atoms with Crippen LogP contribution in [0.25, 0.3) is 0 Å². The second kappa shape index (κ2) is 3.62. The average Bonchev–Trinajstić information content (AvgIpc) is 2.03. The summed E-state index contributed by atoms with van der Waals surface area (Å²) in [6, 6.07) is 5.68. The number of hydrogen-bond donors (Lipinski definition) is 1. The van der Waals surface area contributed by atoms with Gasteiger partial charge in [0.2, 0.25) is 6.20 Å². The van der Waals surface area contributed by atoms with E-state index >= 15 is 0 Å². The van der Waals surface area contributed by atoms with Crippen molar-refractivity contribution in [1.29, 1.82) is 0 Å². The predicted molar refractivity (Wildman–Crippen MR) is 44.0 cm³/mol. The number of rotatable bonds is 0. The van der Waals surface area contributed by atoms with E-state index in [1.165, 1.54) is 4.68 Å². The van der Waals surface area contributed by atoms with Crippen LogP contribution < -0.4 is 10.5 Å². The molecule has 1 heterocycles. The van der Waals surface area contributed by atoms with Gasteiger partial charge >= 0.3 is 0 Å². The van der Waals surface area contributed by atoms with Gasteiger partial charge in [-0.2, -0.15) is 0 Å². The van der Waals surface area contributed by atoms with E-state index in [1.807, 2.05) is 25.1 Å². The maximum Gasteiger partial charge on any atom is 0.285 e. The second-order valence-electron chi connectivity index (χ2n) is 2.15. The largest absolute Gasteiger partial charge is 0.285 e. The molecule has 56 valence electrons. The third-order valence-corrected chi connectivity index (χ3v) is 1.28. The molecule has 1 rings (SSSR count). The molecule has 0 saturated carbocycles. The summed E-state index contributed by atoms with van der Waals surface area (Å²) < 4.78 is 1.52. The molecule has 2 N–H and O–H groups in total. The lowest BCUT2D eigenvalue weighted by molar-refractivity contribution is -0.641. The first kappa shape index (κ1) is 7.62. The van der Waals surface area contributed by atoms with Gasteiger partial charge in [-0.15, -0.1) is 0 Å². The molecule has 11 heavy (non-hydrogen) atoms. The highest BCUT2D eigenvalue weighted by atomic mass is 15.3. The first-order chi connectivity index (χ1) is 5.34. The van der Waals surface area contributed by atoms with Crippen molar-refractivity contribution < 1.29 is 4.68 Å². The normalized spacial score (nSPS) is 8.45. The van der Waals surface area contributed by atoms with Crippen molar-refractivity contribution >= 4 is 0 Å². The van der Waals surface area contributed by atoms with Gasteiger partial charge in [0.15, 0.2) is 0 Å². The van der Waals surface area contributed by atoms with Crippen LogP contribution in [0.1, 0.15) is 19.0 Å². The van der Waals surface area contributed by atoms with Crippen molar-refractivity contribution in [1.82, 2.24) is 0 Å². The van der Waals surface area contributed by atoms with Gasteiger partial charge in [0.05, 0.1) is 0 Å². The molecule has 2 heteroatoms. The second-order valence-corrected chi connectivity index (χ2v) is 2.15. The Morgan fingerprint density at radius 1 is 1.55 bits per heavy atom. The summed E-state index contributed by atoms with van der Waals surface area (Å²) in [6.45, 7) is 2.01. The molecule has 0 aliphatic carbocycles. The number of nitrogen functional groups attached to an aromatic ring is 1. The van der Waals surface area contributed by atoms with Crippen LogP contribution in [0.3, 0.4) is 0 Å². The highest BCUT2D eigenvalue weighted by Gasteiger charge is 1.98. The zero-order chi connectivity index (χ0) is 8.10. The van der Waals surface area contributed by atoms with Crippen molar-refractivity contribution in [3.05, 3.63) is 30.1 Å². The van der Waals surface area contributed by atoms with Crippen LogP contribution in [0, 0.1) is 11.8 Å². The summed E-state index contributed by atoms with van der Waals surface area (Å²) in [5.74, 6) is 11.5. The Balaban J connectivity index is 2.95. The molecule has 0 unspecified atom stereocenters. The molecule has 0 bridgehead atoms. The fourth-order valence-electron chi connectivity index (χ4n) is 0.741. The van der Waals surface area contributed by atoms with Crippen LogP contribution in [0.15, 0.2) is 24.4 Å². The Bertz CT molecular complexity index is 294. The molecule has 1 aromatic heterocycles. The van der Waals surface area contributed by atoms with Crippen molar-refractivity contribution in [2.45, 2.75) is 13.3 Å². The van der Waals surface area contributed by atoms with Gasteiger partial charge in [-0.3, -0.25) is 0 Å². The van der Waals surface area contributed by atoms with E-state index in [0.29, 0.717) is 0 Å². The predicted octanol–water partition coefficient (Wildman–Crippen LogP) is 0.449. The van der Waals surface area contributed by atoms with Crippen molar-refractivity contribution in [3.8, 4) is 11.8 Å². The van der Waals surface area contributed by atoms with E-state index in [9.17, 15) is 0 Å². The lowest BCUT2D eigenvalue weighted by Crippen LogP contribution is -2.46. The molecule has 0 aromatic carbocycles. The van der Waals surface area contributed by atoms with Gasteiger partial charge in [-0.1, -0.05) is 17.5 Å². The van der Waals surface area contributed by atoms with Gasteiger partial charge in [0.25, 0.3) is 5.69 Å². The summed E-state index contributed by atoms with van der Waals surface area (Å²) in [5, 5.41) is 0. The first-order valence-electron chi connectivity index (χ1n) is 3.59. The summed E-state index contributed by atoms with van der Waals surface area (Å²) >= 11 is 0. The van der Waals surface area contributed by atoms with Crippen LogP contribution in [0.5, 0.6) is 0 Å². The van der Waals surface area contributed by atoms with Crippen molar-refractivity contribution in [2.24, 2.45) is 0 Å². The summed E-state index contributed by atoms with van der Waals surface area (Å²) in [5.41, 5.74) is 0.842. The number of nitrogens with two attached hydrogens (primary N) is 1. The van der Waals surface area contributed by atoms with Gasteiger partial charge in [0, 0.05) is 24.5 Å². The van der Waals surface area contributed by atoms with Crippen LogP contribution >= 0.6 is 0 Å². The summed E-state index contributed by atoms with van der Waals surface area (Å²) in [6.07, 6.45) is 2.63. The third kappa shape index (κ3) is 1.98. The molecule has 0 aliphatic heterocycles. The fourth-order valence-corrected chi connectivity index (χ4v) is 0.741. The third-order valence-electron chi connectivity index (χ3n) is 1.28. The Morgan fingerprint density at radius 2 is 2.36 bits per heavy atom. The van der Waals surface area contributed by atoms with Gasteiger partial charge in [-0.05, 0) is 6.07 Å². The molecule has 2 nitrogen and oxygen atoms in total. The Hall–Kier alpha value is -1.49. The SMILES string of the molecule is CCC#Cc1cccc[n+]1N. The molecule has 1 aromatic rings. The van der Waals surface area contributed by atoms with Gasteiger partial charge in [0.1, 0.15) is 0 Å². The standard InChI is InChI=1S/C9H11N2/c1-2-3-6-9-7-4-5-8-11(9)10/h4-5,7-8H,2,10H2,1H3/q+1. The van der Waals surface area contributed by atoms with Crippen LogP contribution in [-0.2, 0) is 0 Å². The summed E-state index contributed by atoms with van der Waals surface area (Å²) in [4.78, 5) is 0. The highest BCUT2D eigenvalue weighted by Crippen LogP contribution is 1.85. The van der Waals surface area contributed by atoms with Crippen LogP contribution in [0.4, 0.5) is 0 Å². The molecule has 0 amide bonds. The number of aromatic nitrogens is 1. The maximum absolute atomic E-state index is 5.58. The Labute approximate surface area is 66.6 Å². The molecule has 0 spiro atoms. The van der Waals surface area contributed by atoms with E-state index < -0.39 is 0 Å². The average molecular weight is 147 g/mol. The Kier molecular flexibility index (Phi) is 2.51. The fraction of sp³-hybridized carbons (Fsp3) is 0.222. The first-order valence-corrected chi connectivity index (χ1v) is 3.59. The topological polar surface area (TPSA) is 29.9 Å². The quantitative estimate of drug-likeness (QED) is 0.322. The monoisotopic (exact) mass is 147 g/mol. The van der Waals surface area contributed by atoms with Crippen LogP contribution in [-0.4, -0.2) is 0 Å². The smallest absolute Gasteiger partial charge is 0.204 e. The molecule has 0 fully saturated rings. The Morgan fingerprint density at radius 3 is 3.00 bits per heavy atom. The van der Waals surface area contributed by atoms with Crippen LogP contribution in [0.2, 0.25) is 0 Å². The minimum absolute atomic E-state index is 0.842. The number of hydrogen-bond acceptors (Lipinski definition) is 1. The zero-order valence-electron chi connectivity index (χ0n) is 6.54. The molecule has 0 radical (unpaired) electrons. The van der Waals surface area contributed by atoms with Gasteiger partial charge < -0.3 is 0 Å². The summed E-state index contributed by atoms with van der Waals surface area (Å²) in [7, 11) is 0. The number of nitrogens with zero attached hydrogens (tertiary/aromatic N) is 1. The zero-order valence-corrected chi connectivity index (χ0v) is 6.54. The maximum atomic E-state index is 5.58. The van der Waals surface area contributed by atoms with Crippen molar-refractivity contribution in [3.63, 3.8) is 0 Å². The highest BCUT2D eigenvalue weighted by molar-refractivity contribution is 5.22. The number of pyridine rings is 1. The molecule has 0 saturated heterocycles. The van der Waals surface area contributed by atoms with E-state index in [-0.39, 0.29) is 0 Å². The lowest BCUT2D eigenvalue weighted by atomic mass is 10.3.